The summed E-state index contributed by atoms with van der Waals surface area (Å²) < 4.78 is 8.21. The lowest BCUT2D eigenvalue weighted by Gasteiger charge is -2.46. The number of carbonyl (C=O) groups is 5. The van der Waals surface area contributed by atoms with Crippen LogP contribution in [0.25, 0.3) is 22.2 Å². The number of nitrogens with one attached hydrogen (secondary N) is 6. The Morgan fingerprint density at radius 2 is 1.39 bits per heavy atom. The highest BCUT2D eigenvalue weighted by atomic mass is 16.6. The van der Waals surface area contributed by atoms with Crippen LogP contribution in [0.5, 0.6) is 0 Å². The molecule has 5 atom stereocenters. The van der Waals surface area contributed by atoms with Gasteiger partial charge in [-0.05, 0) is 132 Å². The summed E-state index contributed by atoms with van der Waals surface area (Å²) in [6.45, 7) is 15.8. The molecule has 504 valence electrons. The minimum atomic E-state index is -1.13. The van der Waals surface area contributed by atoms with Crippen LogP contribution in [0.1, 0.15) is 246 Å². The number of benzene rings is 2. The van der Waals surface area contributed by atoms with E-state index in [9.17, 15) is 34.2 Å². The Hall–Kier alpha value is -6.39. The second-order valence-electron chi connectivity index (χ2n) is 27.9. The summed E-state index contributed by atoms with van der Waals surface area (Å²) >= 11 is 0. The SMILES string of the molecule is CC(C)N(C[C@H]1O[C@@H](n2cnc3c(NCCCCNCCCCCCCCCCCCNC(=O)CCCCCCCCCCCNc4cccc5c4C(=O)N(C4CCC(=O)NC4=O)C5=O)ncnc32)C(O)C1O)C1CC(CCc2nc3cc(C(C)(C)C)ccc3[nH]2)C1. The molecule has 4 aliphatic rings. The first-order chi connectivity index (χ1) is 44.5. The molecule has 9 rings (SSSR count). The third-order valence-electron chi connectivity index (χ3n) is 19.4. The molecule has 2 saturated heterocycles. The van der Waals surface area contributed by atoms with Gasteiger partial charge in [0, 0.05) is 63.2 Å². The van der Waals surface area contributed by atoms with Gasteiger partial charge in [-0.2, -0.15) is 0 Å². The first-order valence-corrected chi connectivity index (χ1v) is 35.3. The molecule has 0 spiro atoms. The average Bonchev–Trinajstić information content (AvgIpc) is 1.62. The molecule has 3 aromatic heterocycles. The van der Waals surface area contributed by atoms with Crippen LogP contribution in [0.15, 0.2) is 49.1 Å². The van der Waals surface area contributed by atoms with Crippen molar-refractivity contribution in [1.29, 1.82) is 0 Å². The molecule has 1 saturated carbocycles. The van der Waals surface area contributed by atoms with E-state index in [-0.39, 0.29) is 35.8 Å². The van der Waals surface area contributed by atoms with Gasteiger partial charge in [0.05, 0.1) is 28.5 Å². The van der Waals surface area contributed by atoms with Gasteiger partial charge in [-0.1, -0.05) is 129 Å². The van der Waals surface area contributed by atoms with E-state index in [0.29, 0.717) is 59.7 Å². The van der Waals surface area contributed by atoms with E-state index in [2.05, 4.69) is 104 Å². The molecular weight excluding hydrogens is 1160 g/mol. The standard InChI is InChI=1S/C71H107N13O8/c1-48(2)82(51-42-49(43-51)31-35-58-79-53-33-32-50(71(3,4)5)44-55(53)80-58)45-57-63(87)64(88)70(92-57)83-47-78-62-65(76-46-77-66(62)83)75-41-26-25-38-72-37-22-18-14-10-6-7-11-16-20-24-40-74-59(85)30-21-17-13-9-8-12-15-19-23-39-73-54-29-27-28-52-61(54)69(91)84(68(52)90)56-34-36-60(86)81-67(56)89/h27-29,32-33,44,46-49,51,56-57,63-64,70,72-73,87-88H,6-26,30-31,34-43,45H2,1-5H3,(H,74,85)(H,79,80)(H,75,76,77)(H,81,86,89)/t49?,51?,56?,57-,63?,64?,70-/m1/s1. The van der Waals surface area contributed by atoms with Crippen LogP contribution in [0.4, 0.5) is 11.5 Å². The van der Waals surface area contributed by atoms with Gasteiger partial charge in [-0.25, -0.2) is 19.9 Å². The van der Waals surface area contributed by atoms with E-state index >= 15 is 0 Å². The zero-order valence-corrected chi connectivity index (χ0v) is 55.8. The van der Waals surface area contributed by atoms with Gasteiger partial charge in [-0.3, -0.25) is 43.7 Å². The first-order valence-electron chi connectivity index (χ1n) is 35.3. The molecule has 0 radical (unpaired) electrons. The Kier molecular flexibility index (Phi) is 26.4. The van der Waals surface area contributed by atoms with Crippen molar-refractivity contribution in [3.63, 3.8) is 0 Å². The molecule has 1 aliphatic carbocycles. The molecule has 92 heavy (non-hydrogen) atoms. The Labute approximate surface area is 545 Å². The number of aliphatic hydroxyl groups excluding tert-OH is 2. The van der Waals surface area contributed by atoms with Gasteiger partial charge in [0.25, 0.3) is 11.8 Å². The molecule has 21 nitrogen and oxygen atoms in total. The van der Waals surface area contributed by atoms with Crippen LogP contribution in [0, 0.1) is 5.92 Å². The number of imide groups is 2. The quantitative estimate of drug-likeness (QED) is 0.0133. The number of aliphatic hydroxyl groups is 2. The molecule has 21 heteroatoms. The van der Waals surface area contributed by atoms with Crippen molar-refractivity contribution in [3.05, 3.63) is 71.6 Å². The smallest absolute Gasteiger partial charge is 0.264 e. The van der Waals surface area contributed by atoms with Crippen molar-refractivity contribution < 1.29 is 38.9 Å². The summed E-state index contributed by atoms with van der Waals surface area (Å²) in [6.07, 6.45) is 28.8. The minimum Gasteiger partial charge on any atom is -0.387 e. The molecule has 3 aliphatic heterocycles. The summed E-state index contributed by atoms with van der Waals surface area (Å²) in [5.74, 6) is 0.500. The molecule has 3 fully saturated rings. The summed E-state index contributed by atoms with van der Waals surface area (Å²) in [5.41, 5.74) is 5.86. The molecule has 3 unspecified atom stereocenters. The monoisotopic (exact) mass is 1270 g/mol. The number of piperidine rings is 1. The zero-order valence-electron chi connectivity index (χ0n) is 55.8. The maximum atomic E-state index is 13.3. The molecule has 2 aromatic carbocycles. The number of anilines is 2. The molecule has 6 heterocycles. The number of fused-ring (bicyclic) bond motifs is 3. The number of aromatic amines is 1. The van der Waals surface area contributed by atoms with Gasteiger partial charge in [0.1, 0.15) is 36.5 Å². The number of ether oxygens (including phenoxy) is 1. The number of nitrogens with zero attached hydrogens (tertiary/aromatic N) is 7. The van der Waals surface area contributed by atoms with Crippen LogP contribution in [-0.4, -0.2) is 155 Å². The Morgan fingerprint density at radius 1 is 0.750 bits per heavy atom. The van der Waals surface area contributed by atoms with Crippen molar-refractivity contribution in [3.8, 4) is 0 Å². The van der Waals surface area contributed by atoms with Crippen molar-refractivity contribution in [2.75, 3.05) is 49.9 Å². The number of imidazole rings is 2. The number of unbranched alkanes of at least 4 members (excludes halogenated alkanes) is 18. The normalized spacial score (nSPS) is 20.9. The van der Waals surface area contributed by atoms with Crippen LogP contribution >= 0.6 is 0 Å². The van der Waals surface area contributed by atoms with E-state index in [1.807, 2.05) is 0 Å². The molecule has 5 amide bonds. The number of carbonyl (C=O) groups excluding carboxylic acids is 5. The summed E-state index contributed by atoms with van der Waals surface area (Å²) in [6, 6.07) is 11.4. The van der Waals surface area contributed by atoms with E-state index in [4.69, 9.17) is 9.72 Å². The minimum absolute atomic E-state index is 0.0849. The third-order valence-corrected chi connectivity index (χ3v) is 19.4. The molecule has 5 aromatic rings. The van der Waals surface area contributed by atoms with Gasteiger partial charge >= 0.3 is 0 Å². The fraction of sp³-hybridized carbons (Fsp3) is 0.676. The van der Waals surface area contributed by atoms with E-state index in [1.165, 1.54) is 88.9 Å². The van der Waals surface area contributed by atoms with Gasteiger partial charge in [0.15, 0.2) is 23.2 Å². The Bertz CT molecular complexity index is 3190. The lowest BCUT2D eigenvalue weighted by molar-refractivity contribution is -0.136. The fourth-order valence-corrected chi connectivity index (χ4v) is 13.8. The highest BCUT2D eigenvalue weighted by Crippen LogP contribution is 2.39. The number of hydrogen-bond donors (Lipinski definition) is 8. The number of amides is 5. The number of hydrogen-bond acceptors (Lipinski definition) is 16. The number of aryl methyl sites for hydroxylation is 1. The van der Waals surface area contributed by atoms with Crippen molar-refractivity contribution in [2.24, 2.45) is 5.92 Å². The highest BCUT2D eigenvalue weighted by molar-refractivity contribution is 6.25. The fourth-order valence-electron chi connectivity index (χ4n) is 13.8. The van der Waals surface area contributed by atoms with E-state index < -0.39 is 54.2 Å². The first kappa shape index (κ1) is 69.9. The van der Waals surface area contributed by atoms with Crippen LogP contribution in [0.3, 0.4) is 0 Å². The van der Waals surface area contributed by atoms with Gasteiger partial charge in [0.2, 0.25) is 17.7 Å². The summed E-state index contributed by atoms with van der Waals surface area (Å²) in [4.78, 5) is 88.4. The summed E-state index contributed by atoms with van der Waals surface area (Å²) in [7, 11) is 0. The number of rotatable bonds is 41. The molecular formula is C71H107N13O8. The number of aromatic nitrogens is 6. The highest BCUT2D eigenvalue weighted by Gasteiger charge is 2.48. The third kappa shape index (κ3) is 19.2. The van der Waals surface area contributed by atoms with E-state index in [1.54, 1.807) is 29.1 Å². The zero-order chi connectivity index (χ0) is 65.0. The lowest BCUT2D eigenvalue weighted by atomic mass is 9.76. The van der Waals surface area contributed by atoms with E-state index in [0.717, 1.165) is 131 Å². The maximum Gasteiger partial charge on any atom is 0.264 e. The van der Waals surface area contributed by atoms with Crippen molar-refractivity contribution in [2.45, 2.75) is 262 Å². The Balaban J connectivity index is 0.520. The molecule has 0 bridgehead atoms. The van der Waals surface area contributed by atoms with Crippen LogP contribution < -0.4 is 26.6 Å². The van der Waals surface area contributed by atoms with Crippen molar-refractivity contribution in [1.82, 2.24) is 55.2 Å². The largest absolute Gasteiger partial charge is 0.387 e. The summed E-state index contributed by atoms with van der Waals surface area (Å²) in [5, 5.41) is 38.5. The predicted octanol–water partition coefficient (Wildman–Crippen LogP) is 11.0. The maximum absolute atomic E-state index is 13.3. The van der Waals surface area contributed by atoms with Gasteiger partial charge < -0.3 is 41.2 Å². The topological polar surface area (TPSA) is 274 Å². The second kappa shape index (κ2) is 34.7. The van der Waals surface area contributed by atoms with Gasteiger partial charge in [-0.15, -0.1) is 0 Å². The van der Waals surface area contributed by atoms with Crippen molar-refractivity contribution >= 4 is 63.2 Å². The Morgan fingerprint density at radius 3 is 2.08 bits per heavy atom. The van der Waals surface area contributed by atoms with Crippen LogP contribution in [-0.2, 0) is 31.0 Å². The molecule has 8 N–H and O–H groups in total. The van der Waals surface area contributed by atoms with Crippen LogP contribution in [0.2, 0.25) is 0 Å². The predicted molar refractivity (Wildman–Crippen MR) is 360 cm³/mol. The number of H-pyrrole nitrogens is 1. The lowest BCUT2D eigenvalue weighted by Crippen LogP contribution is -2.54. The average molecular weight is 1270 g/mol. The second-order valence-corrected chi connectivity index (χ2v) is 27.9.